The number of likely N-dealkylation sites (N-methyl/N-ethyl adjacent to an activating group) is 1. The van der Waals surface area contributed by atoms with Gasteiger partial charge in [-0.15, -0.1) is 0 Å². The van der Waals surface area contributed by atoms with E-state index in [9.17, 15) is 4.79 Å². The quantitative estimate of drug-likeness (QED) is 0.686. The molecule has 0 saturated carbocycles. The van der Waals surface area contributed by atoms with Gasteiger partial charge in [-0.25, -0.2) is 0 Å². The number of hydrogen-bond donors (Lipinski definition) is 0. The fraction of sp³-hybridized carbons (Fsp3) is 0.611. The minimum absolute atomic E-state index is 0.000518. The largest absolute Gasteiger partial charge is 0.493 e. The molecule has 0 aliphatic carbocycles. The third-order valence-electron chi connectivity index (χ3n) is 4.04. The van der Waals surface area contributed by atoms with Crippen molar-refractivity contribution in [2.45, 2.75) is 18.9 Å². The average Bonchev–Trinajstić information content (AvgIpc) is 3.09. The number of carbonyl (C=O) groups excluding carboxylic acids is 1. The molecule has 1 fully saturated rings. The van der Waals surface area contributed by atoms with Crippen LogP contribution in [0.25, 0.3) is 0 Å². The summed E-state index contributed by atoms with van der Waals surface area (Å²) in [6.45, 7) is 2.90. The Morgan fingerprint density at radius 2 is 2.00 bits per heavy atom. The molecule has 134 valence electrons. The number of amides is 1. The molecule has 1 saturated heterocycles. The van der Waals surface area contributed by atoms with Crippen LogP contribution in [0.15, 0.2) is 24.3 Å². The van der Waals surface area contributed by atoms with Crippen molar-refractivity contribution in [3.05, 3.63) is 24.3 Å². The summed E-state index contributed by atoms with van der Waals surface area (Å²) in [6.07, 6.45) is 2.22. The number of hydrogen-bond acceptors (Lipinski definition) is 5. The van der Waals surface area contributed by atoms with Gasteiger partial charge in [0.1, 0.15) is 0 Å². The van der Waals surface area contributed by atoms with Crippen molar-refractivity contribution in [1.29, 1.82) is 0 Å². The van der Waals surface area contributed by atoms with E-state index in [2.05, 4.69) is 4.90 Å². The molecule has 1 amide bonds. The topological polar surface area (TPSA) is 51.2 Å². The van der Waals surface area contributed by atoms with Crippen molar-refractivity contribution in [2.75, 3.05) is 54.1 Å². The lowest BCUT2D eigenvalue weighted by molar-refractivity contribution is -0.135. The lowest BCUT2D eigenvalue weighted by Crippen LogP contribution is -2.43. The molecule has 2 rings (SSSR count). The Balaban J connectivity index is 1.92. The molecule has 0 unspecified atom stereocenters. The van der Waals surface area contributed by atoms with Crippen LogP contribution in [0.1, 0.15) is 12.8 Å². The maximum Gasteiger partial charge on any atom is 0.260 e. The number of para-hydroxylation sites is 2. The van der Waals surface area contributed by atoms with Gasteiger partial charge >= 0.3 is 0 Å². The molecule has 1 aromatic carbocycles. The molecule has 1 aliphatic heterocycles. The highest BCUT2D eigenvalue weighted by Gasteiger charge is 2.23. The molecule has 0 radical (unpaired) electrons. The summed E-state index contributed by atoms with van der Waals surface area (Å²) in [5.41, 5.74) is 0. The third kappa shape index (κ3) is 5.69. The van der Waals surface area contributed by atoms with E-state index in [-0.39, 0.29) is 18.6 Å². The third-order valence-corrected chi connectivity index (χ3v) is 4.04. The molecule has 24 heavy (non-hydrogen) atoms. The molecule has 1 heterocycles. The van der Waals surface area contributed by atoms with Gasteiger partial charge < -0.3 is 24.0 Å². The SMILES string of the molecule is COc1ccccc1OCC(=O)N(CCN(C)C)C[C@H]1CCCO1. The van der Waals surface area contributed by atoms with E-state index in [0.29, 0.717) is 24.6 Å². The van der Waals surface area contributed by atoms with Gasteiger partial charge in [0.2, 0.25) is 0 Å². The highest BCUT2D eigenvalue weighted by atomic mass is 16.5. The zero-order chi connectivity index (χ0) is 17.4. The molecule has 1 aliphatic rings. The lowest BCUT2D eigenvalue weighted by Gasteiger charge is -2.27. The molecule has 0 bridgehead atoms. The number of carbonyl (C=O) groups is 1. The van der Waals surface area contributed by atoms with Gasteiger partial charge in [0.05, 0.1) is 13.2 Å². The first kappa shape index (κ1) is 18.5. The first-order valence-electron chi connectivity index (χ1n) is 8.40. The van der Waals surface area contributed by atoms with Gasteiger partial charge in [0.25, 0.3) is 5.91 Å². The number of nitrogens with zero attached hydrogens (tertiary/aromatic N) is 2. The second kappa shape index (κ2) is 9.49. The van der Waals surface area contributed by atoms with Crippen molar-refractivity contribution in [3.8, 4) is 11.5 Å². The molecule has 0 spiro atoms. The summed E-state index contributed by atoms with van der Waals surface area (Å²) >= 11 is 0. The van der Waals surface area contributed by atoms with Gasteiger partial charge in [-0.3, -0.25) is 4.79 Å². The summed E-state index contributed by atoms with van der Waals surface area (Å²) in [5.74, 6) is 1.18. The predicted molar refractivity (Wildman–Crippen MR) is 92.6 cm³/mol. The molecular weight excluding hydrogens is 308 g/mol. The Labute approximate surface area is 144 Å². The summed E-state index contributed by atoms with van der Waals surface area (Å²) in [6, 6.07) is 7.35. The van der Waals surface area contributed by atoms with Crippen LogP contribution in [-0.4, -0.2) is 75.9 Å². The average molecular weight is 336 g/mol. The van der Waals surface area contributed by atoms with Crippen LogP contribution in [0.3, 0.4) is 0 Å². The molecule has 0 aromatic heterocycles. The van der Waals surface area contributed by atoms with Crippen LogP contribution in [-0.2, 0) is 9.53 Å². The zero-order valence-corrected chi connectivity index (χ0v) is 14.9. The standard InChI is InChI=1S/C18H28N2O4/c1-19(2)10-11-20(13-15-7-6-12-23-15)18(21)14-24-17-9-5-4-8-16(17)22-3/h4-5,8-9,15H,6-7,10-14H2,1-3H3/t15-/m1/s1. The van der Waals surface area contributed by atoms with Crippen molar-refractivity contribution in [3.63, 3.8) is 0 Å². The van der Waals surface area contributed by atoms with E-state index in [0.717, 1.165) is 26.0 Å². The van der Waals surface area contributed by atoms with Gasteiger partial charge in [-0.05, 0) is 39.1 Å². The van der Waals surface area contributed by atoms with Crippen LogP contribution in [0.4, 0.5) is 0 Å². The molecule has 0 N–H and O–H groups in total. The molecule has 1 aromatic rings. The lowest BCUT2D eigenvalue weighted by atomic mass is 10.2. The Morgan fingerprint density at radius 1 is 1.25 bits per heavy atom. The van der Waals surface area contributed by atoms with Gasteiger partial charge in [0, 0.05) is 26.2 Å². The second-order valence-corrected chi connectivity index (χ2v) is 6.22. The minimum atomic E-state index is -0.0294. The zero-order valence-electron chi connectivity index (χ0n) is 14.9. The van der Waals surface area contributed by atoms with E-state index < -0.39 is 0 Å². The summed E-state index contributed by atoms with van der Waals surface area (Å²) in [5, 5.41) is 0. The highest BCUT2D eigenvalue weighted by molar-refractivity contribution is 5.78. The summed E-state index contributed by atoms with van der Waals surface area (Å²) in [7, 11) is 5.59. The molecular formula is C18H28N2O4. The van der Waals surface area contributed by atoms with E-state index in [1.54, 1.807) is 13.2 Å². The summed E-state index contributed by atoms with van der Waals surface area (Å²) < 4.78 is 16.6. The van der Waals surface area contributed by atoms with E-state index in [1.165, 1.54) is 0 Å². The Kier molecular flexibility index (Phi) is 7.34. The minimum Gasteiger partial charge on any atom is -0.493 e. The van der Waals surface area contributed by atoms with Crippen LogP contribution in [0.2, 0.25) is 0 Å². The number of methoxy groups -OCH3 is 1. The summed E-state index contributed by atoms with van der Waals surface area (Å²) in [4.78, 5) is 16.5. The fourth-order valence-electron chi connectivity index (χ4n) is 2.64. The maximum absolute atomic E-state index is 12.6. The van der Waals surface area contributed by atoms with Gasteiger partial charge in [0.15, 0.2) is 18.1 Å². The smallest absolute Gasteiger partial charge is 0.260 e. The van der Waals surface area contributed by atoms with Crippen molar-refractivity contribution < 1.29 is 19.0 Å². The van der Waals surface area contributed by atoms with E-state index >= 15 is 0 Å². The van der Waals surface area contributed by atoms with Crippen molar-refractivity contribution >= 4 is 5.91 Å². The number of benzene rings is 1. The Morgan fingerprint density at radius 3 is 2.62 bits per heavy atom. The first-order valence-corrected chi connectivity index (χ1v) is 8.40. The van der Waals surface area contributed by atoms with Crippen LogP contribution in [0.5, 0.6) is 11.5 Å². The number of ether oxygens (including phenoxy) is 3. The van der Waals surface area contributed by atoms with Crippen molar-refractivity contribution in [2.24, 2.45) is 0 Å². The molecule has 6 nitrogen and oxygen atoms in total. The van der Waals surface area contributed by atoms with E-state index in [4.69, 9.17) is 14.2 Å². The second-order valence-electron chi connectivity index (χ2n) is 6.22. The van der Waals surface area contributed by atoms with Crippen LogP contribution < -0.4 is 9.47 Å². The number of rotatable bonds is 9. The highest BCUT2D eigenvalue weighted by Crippen LogP contribution is 2.25. The van der Waals surface area contributed by atoms with Gasteiger partial charge in [-0.2, -0.15) is 0 Å². The van der Waals surface area contributed by atoms with E-state index in [1.807, 2.05) is 37.2 Å². The van der Waals surface area contributed by atoms with Crippen molar-refractivity contribution in [1.82, 2.24) is 9.80 Å². The normalized spacial score (nSPS) is 17.1. The van der Waals surface area contributed by atoms with Gasteiger partial charge in [-0.1, -0.05) is 12.1 Å². The van der Waals surface area contributed by atoms with Crippen LogP contribution >= 0.6 is 0 Å². The maximum atomic E-state index is 12.6. The fourth-order valence-corrected chi connectivity index (χ4v) is 2.64. The Bertz CT molecular complexity index is 515. The first-order chi connectivity index (χ1) is 11.6. The van der Waals surface area contributed by atoms with Crippen LogP contribution in [0, 0.1) is 0 Å². The Hall–Kier alpha value is -1.79. The predicted octanol–water partition coefficient (Wildman–Crippen LogP) is 1.64. The molecule has 1 atom stereocenters. The monoisotopic (exact) mass is 336 g/mol. The molecule has 6 heteroatoms.